The number of rotatable bonds is 3. The minimum absolute atomic E-state index is 0.0843. The van der Waals surface area contributed by atoms with Gasteiger partial charge in [0.2, 0.25) is 0 Å². The van der Waals surface area contributed by atoms with Gasteiger partial charge in [-0.3, -0.25) is 10.2 Å². The van der Waals surface area contributed by atoms with Crippen LogP contribution in [0.4, 0.5) is 0 Å². The maximum Gasteiger partial charge on any atom is 0.324 e. The van der Waals surface area contributed by atoms with Crippen LogP contribution in [0.15, 0.2) is 5.10 Å². The molecule has 0 aliphatic heterocycles. The van der Waals surface area contributed by atoms with Gasteiger partial charge in [-0.1, -0.05) is 6.92 Å². The van der Waals surface area contributed by atoms with Crippen molar-refractivity contribution in [1.29, 1.82) is 0 Å². The summed E-state index contributed by atoms with van der Waals surface area (Å²) in [6.07, 6.45) is 4.36. The Morgan fingerprint density at radius 2 is 2.23 bits per heavy atom. The molecule has 0 aromatic carbocycles. The Bertz CT molecular complexity index is 204. The van der Waals surface area contributed by atoms with Crippen LogP contribution in [-0.4, -0.2) is 23.3 Å². The van der Waals surface area contributed by atoms with E-state index >= 15 is 0 Å². The molecule has 1 saturated carbocycles. The third kappa shape index (κ3) is 3.92. The van der Waals surface area contributed by atoms with Gasteiger partial charge in [-0.25, -0.2) is 0 Å². The molecule has 1 aliphatic carbocycles. The predicted molar refractivity (Wildman–Crippen MR) is 50.7 cm³/mol. The Balaban J connectivity index is 2.23. The summed E-state index contributed by atoms with van der Waals surface area (Å²) in [5.41, 5.74) is 3.67. The van der Waals surface area contributed by atoms with E-state index in [2.05, 4.69) is 17.5 Å². The van der Waals surface area contributed by atoms with Crippen LogP contribution < -0.4 is 5.43 Å². The van der Waals surface area contributed by atoms with Crippen molar-refractivity contribution in [2.24, 2.45) is 11.0 Å². The summed E-state index contributed by atoms with van der Waals surface area (Å²) in [5, 5.41) is 12.4. The minimum Gasteiger partial charge on any atom is -0.480 e. The fourth-order valence-corrected chi connectivity index (χ4v) is 1.43. The molecule has 0 amide bonds. The first kappa shape index (κ1) is 10.0. The van der Waals surface area contributed by atoms with Crippen LogP contribution in [0, 0.1) is 5.92 Å². The van der Waals surface area contributed by atoms with E-state index in [4.69, 9.17) is 5.11 Å². The number of hydrazone groups is 1. The molecule has 1 rings (SSSR count). The van der Waals surface area contributed by atoms with Crippen molar-refractivity contribution in [2.45, 2.75) is 32.6 Å². The third-order valence-electron chi connectivity index (χ3n) is 2.32. The molecule has 13 heavy (non-hydrogen) atoms. The summed E-state index contributed by atoms with van der Waals surface area (Å²) >= 11 is 0. The lowest BCUT2D eigenvalue weighted by atomic mass is 9.90. The summed E-state index contributed by atoms with van der Waals surface area (Å²) in [4.78, 5) is 10.2. The van der Waals surface area contributed by atoms with E-state index in [0.29, 0.717) is 0 Å². The number of hydrogen-bond donors (Lipinski definition) is 2. The Kier molecular flexibility index (Phi) is 3.73. The van der Waals surface area contributed by atoms with Gasteiger partial charge in [-0.2, -0.15) is 5.10 Å². The Morgan fingerprint density at radius 1 is 1.62 bits per heavy atom. The summed E-state index contributed by atoms with van der Waals surface area (Å²) in [7, 11) is 0. The molecule has 1 aliphatic rings. The molecule has 0 aromatic rings. The average molecular weight is 184 g/mol. The van der Waals surface area contributed by atoms with Gasteiger partial charge in [-0.15, -0.1) is 0 Å². The summed E-state index contributed by atoms with van der Waals surface area (Å²) in [5.74, 6) is -0.0769. The van der Waals surface area contributed by atoms with Gasteiger partial charge in [-0.05, 0) is 31.6 Å². The number of aliphatic carboxylic acids is 1. The number of carboxylic acids is 1. The molecule has 1 fully saturated rings. The van der Waals surface area contributed by atoms with Gasteiger partial charge in [0.15, 0.2) is 0 Å². The second-order valence-corrected chi connectivity index (χ2v) is 3.59. The minimum atomic E-state index is -0.867. The van der Waals surface area contributed by atoms with Gasteiger partial charge in [0.05, 0.1) is 0 Å². The smallest absolute Gasteiger partial charge is 0.324 e. The SMILES string of the molecule is CC1CCC(=NNCC(=O)O)CC1. The Hall–Kier alpha value is -1.06. The van der Waals surface area contributed by atoms with Gasteiger partial charge in [0.1, 0.15) is 6.54 Å². The van der Waals surface area contributed by atoms with Crippen molar-refractivity contribution >= 4 is 11.7 Å². The van der Waals surface area contributed by atoms with Gasteiger partial charge in [0, 0.05) is 5.71 Å². The monoisotopic (exact) mass is 184 g/mol. The highest BCUT2D eigenvalue weighted by Gasteiger charge is 2.13. The van der Waals surface area contributed by atoms with Gasteiger partial charge < -0.3 is 5.11 Å². The number of carboxylic acid groups (broad SMARTS) is 1. The Labute approximate surface area is 78.0 Å². The molecule has 2 N–H and O–H groups in total. The molecular weight excluding hydrogens is 168 g/mol. The van der Waals surface area contributed by atoms with Crippen LogP contribution in [0.5, 0.6) is 0 Å². The standard InChI is InChI=1S/C9H16N2O2/c1-7-2-4-8(5-3-7)11-10-6-9(12)13/h7,10H,2-6H2,1H3,(H,12,13). The second kappa shape index (κ2) is 4.84. The van der Waals surface area contributed by atoms with Crippen LogP contribution in [0.1, 0.15) is 32.6 Å². The van der Waals surface area contributed by atoms with Gasteiger partial charge in [0.25, 0.3) is 0 Å². The van der Waals surface area contributed by atoms with Crippen LogP contribution in [0.2, 0.25) is 0 Å². The van der Waals surface area contributed by atoms with Crippen molar-refractivity contribution in [3.05, 3.63) is 0 Å². The van der Waals surface area contributed by atoms with E-state index in [0.717, 1.165) is 24.5 Å². The zero-order valence-corrected chi connectivity index (χ0v) is 7.92. The first-order valence-corrected chi connectivity index (χ1v) is 4.68. The number of hydrogen-bond acceptors (Lipinski definition) is 3. The average Bonchev–Trinajstić information content (AvgIpc) is 2.08. The van der Waals surface area contributed by atoms with Crippen molar-refractivity contribution in [3.63, 3.8) is 0 Å². The molecule has 0 heterocycles. The summed E-state index contributed by atoms with van der Waals surface area (Å²) in [6, 6.07) is 0. The van der Waals surface area contributed by atoms with Crippen LogP contribution >= 0.6 is 0 Å². The first-order chi connectivity index (χ1) is 6.18. The van der Waals surface area contributed by atoms with Crippen LogP contribution in [-0.2, 0) is 4.79 Å². The lowest BCUT2D eigenvalue weighted by molar-refractivity contribution is -0.135. The maximum absolute atomic E-state index is 10.2. The number of nitrogens with zero attached hydrogens (tertiary/aromatic N) is 1. The van der Waals surface area contributed by atoms with E-state index < -0.39 is 5.97 Å². The fraction of sp³-hybridized carbons (Fsp3) is 0.778. The van der Waals surface area contributed by atoms with E-state index in [1.54, 1.807) is 0 Å². The highest BCUT2D eigenvalue weighted by molar-refractivity contribution is 5.85. The largest absolute Gasteiger partial charge is 0.480 e. The van der Waals surface area contributed by atoms with E-state index in [9.17, 15) is 4.79 Å². The topological polar surface area (TPSA) is 61.7 Å². The molecule has 4 nitrogen and oxygen atoms in total. The molecule has 0 aromatic heterocycles. The maximum atomic E-state index is 10.2. The molecule has 0 saturated heterocycles. The van der Waals surface area contributed by atoms with Crippen LogP contribution in [0.25, 0.3) is 0 Å². The highest BCUT2D eigenvalue weighted by atomic mass is 16.4. The molecular formula is C9H16N2O2. The molecule has 0 spiro atoms. The Morgan fingerprint density at radius 3 is 2.77 bits per heavy atom. The zero-order valence-electron chi connectivity index (χ0n) is 7.92. The fourth-order valence-electron chi connectivity index (χ4n) is 1.43. The van der Waals surface area contributed by atoms with Crippen molar-refractivity contribution in [1.82, 2.24) is 5.43 Å². The predicted octanol–water partition coefficient (Wildman–Crippen LogP) is 1.23. The number of carbonyl (C=O) groups is 1. The van der Waals surface area contributed by atoms with Crippen molar-refractivity contribution < 1.29 is 9.90 Å². The van der Waals surface area contributed by atoms with Crippen molar-refractivity contribution in [2.75, 3.05) is 6.54 Å². The molecule has 0 bridgehead atoms. The number of nitrogens with one attached hydrogen (secondary N) is 1. The van der Waals surface area contributed by atoms with Gasteiger partial charge >= 0.3 is 5.97 Å². The third-order valence-corrected chi connectivity index (χ3v) is 2.32. The zero-order chi connectivity index (χ0) is 9.68. The van der Waals surface area contributed by atoms with Crippen molar-refractivity contribution in [3.8, 4) is 0 Å². The van der Waals surface area contributed by atoms with E-state index in [-0.39, 0.29) is 6.54 Å². The molecule has 74 valence electrons. The lowest BCUT2D eigenvalue weighted by Gasteiger charge is -2.18. The van der Waals surface area contributed by atoms with Crippen LogP contribution in [0.3, 0.4) is 0 Å². The van der Waals surface area contributed by atoms with E-state index in [1.165, 1.54) is 12.8 Å². The second-order valence-electron chi connectivity index (χ2n) is 3.59. The quantitative estimate of drug-likeness (QED) is 0.648. The molecule has 4 heteroatoms. The normalized spacial score (nSPS) is 22.5. The molecule has 0 atom stereocenters. The molecule has 0 unspecified atom stereocenters. The lowest BCUT2D eigenvalue weighted by Crippen LogP contribution is -2.21. The summed E-state index contributed by atoms with van der Waals surface area (Å²) < 4.78 is 0. The summed E-state index contributed by atoms with van der Waals surface area (Å²) in [6.45, 7) is 2.15. The highest BCUT2D eigenvalue weighted by Crippen LogP contribution is 2.20. The first-order valence-electron chi connectivity index (χ1n) is 4.68. The molecule has 0 radical (unpaired) electrons. The van der Waals surface area contributed by atoms with E-state index in [1.807, 2.05) is 0 Å².